The summed E-state index contributed by atoms with van der Waals surface area (Å²) in [7, 11) is 0. The summed E-state index contributed by atoms with van der Waals surface area (Å²) in [4.78, 5) is 26.2. The lowest BCUT2D eigenvalue weighted by atomic mass is 10.3. The number of hydrogen-bond acceptors (Lipinski definition) is 5. The molecule has 0 aliphatic heterocycles. The number of rotatable bonds is 6. The minimum Gasteiger partial charge on any atom is -0.466 e. The van der Waals surface area contributed by atoms with Gasteiger partial charge in [0.25, 0.3) is 0 Å². The molecule has 0 bridgehead atoms. The Morgan fingerprint density at radius 2 is 2.18 bits per heavy atom. The van der Waals surface area contributed by atoms with Gasteiger partial charge in [-0.1, -0.05) is 0 Å². The Bertz CT molecular complexity index is 364. The van der Waals surface area contributed by atoms with E-state index in [0.717, 1.165) is 0 Å². The van der Waals surface area contributed by atoms with E-state index in [1.54, 1.807) is 25.3 Å². The average Bonchev–Trinajstić information content (AvgIpc) is 2.36. The number of esters is 2. The molecule has 1 rings (SSSR count). The van der Waals surface area contributed by atoms with E-state index in [1.165, 1.54) is 6.20 Å². The fraction of sp³-hybridized carbons (Fsp3) is 0.417. The summed E-state index contributed by atoms with van der Waals surface area (Å²) in [5.41, 5.74) is 0.406. The second-order valence-electron chi connectivity index (χ2n) is 3.29. The third-order valence-electron chi connectivity index (χ3n) is 1.96. The maximum atomic E-state index is 11.4. The van der Waals surface area contributed by atoms with Crippen LogP contribution in [-0.4, -0.2) is 30.1 Å². The van der Waals surface area contributed by atoms with E-state index in [4.69, 9.17) is 9.47 Å². The molecule has 0 unspecified atom stereocenters. The van der Waals surface area contributed by atoms with Gasteiger partial charge in [0.05, 0.1) is 18.8 Å². The average molecular weight is 237 g/mol. The number of ether oxygens (including phenoxy) is 2. The highest BCUT2D eigenvalue weighted by Crippen LogP contribution is 2.01. The normalized spacial score (nSPS) is 9.71. The highest BCUT2D eigenvalue weighted by Gasteiger charge is 2.07. The molecular weight excluding hydrogens is 222 g/mol. The van der Waals surface area contributed by atoms with Crippen molar-refractivity contribution in [2.75, 3.05) is 13.2 Å². The zero-order valence-electron chi connectivity index (χ0n) is 9.72. The molecule has 1 heterocycles. The summed E-state index contributed by atoms with van der Waals surface area (Å²) in [6.45, 7) is 2.32. The Labute approximate surface area is 99.8 Å². The minimum atomic E-state index is -0.429. The van der Waals surface area contributed by atoms with Gasteiger partial charge in [-0.2, -0.15) is 0 Å². The first-order valence-corrected chi connectivity index (χ1v) is 5.46. The lowest BCUT2D eigenvalue weighted by molar-refractivity contribution is -0.143. The van der Waals surface area contributed by atoms with Gasteiger partial charge in [-0.05, 0) is 25.5 Å². The molecular formula is C12H15NO4. The van der Waals surface area contributed by atoms with Gasteiger partial charge in [-0.15, -0.1) is 0 Å². The molecule has 17 heavy (non-hydrogen) atoms. The van der Waals surface area contributed by atoms with Crippen LogP contribution in [0.15, 0.2) is 24.5 Å². The van der Waals surface area contributed by atoms with Crippen LogP contribution in [-0.2, 0) is 14.3 Å². The summed E-state index contributed by atoms with van der Waals surface area (Å²) in [5.74, 6) is -0.702. The first-order chi connectivity index (χ1) is 8.24. The van der Waals surface area contributed by atoms with Gasteiger partial charge in [0.15, 0.2) is 0 Å². The van der Waals surface area contributed by atoms with Gasteiger partial charge in [-0.3, -0.25) is 9.78 Å². The maximum absolute atomic E-state index is 11.4. The molecule has 0 amide bonds. The van der Waals surface area contributed by atoms with Crippen molar-refractivity contribution < 1.29 is 19.1 Å². The van der Waals surface area contributed by atoms with Gasteiger partial charge >= 0.3 is 11.9 Å². The molecule has 0 spiro atoms. The van der Waals surface area contributed by atoms with Crippen molar-refractivity contribution in [1.29, 1.82) is 0 Å². The number of pyridine rings is 1. The van der Waals surface area contributed by atoms with E-state index >= 15 is 0 Å². The van der Waals surface area contributed by atoms with Crippen molar-refractivity contribution in [2.24, 2.45) is 0 Å². The van der Waals surface area contributed by atoms with E-state index in [-0.39, 0.29) is 19.0 Å². The standard InChI is InChI=1S/C12H15NO4/c1-2-16-11(14)6-4-8-17-12(15)10-5-3-7-13-9-10/h3,5,7,9H,2,4,6,8H2,1H3. The molecule has 92 valence electrons. The molecule has 0 saturated heterocycles. The van der Waals surface area contributed by atoms with E-state index in [2.05, 4.69) is 4.98 Å². The van der Waals surface area contributed by atoms with Crippen molar-refractivity contribution in [3.63, 3.8) is 0 Å². The zero-order valence-corrected chi connectivity index (χ0v) is 9.72. The first kappa shape index (κ1) is 13.2. The SMILES string of the molecule is CCOC(=O)CCCOC(=O)c1cccnc1. The molecule has 1 aromatic rings. The Hall–Kier alpha value is -1.91. The minimum absolute atomic E-state index is 0.201. The van der Waals surface area contributed by atoms with Gasteiger partial charge in [0.1, 0.15) is 0 Å². The molecule has 0 aliphatic rings. The molecule has 1 aromatic heterocycles. The molecule has 0 radical (unpaired) electrons. The lowest BCUT2D eigenvalue weighted by Crippen LogP contribution is -2.09. The number of carbonyl (C=O) groups excluding carboxylic acids is 2. The van der Waals surface area contributed by atoms with Gasteiger partial charge in [-0.25, -0.2) is 4.79 Å². The number of aromatic nitrogens is 1. The quantitative estimate of drug-likeness (QED) is 0.555. The van der Waals surface area contributed by atoms with Crippen LogP contribution in [0.4, 0.5) is 0 Å². The van der Waals surface area contributed by atoms with Crippen LogP contribution >= 0.6 is 0 Å². The summed E-state index contributed by atoms with van der Waals surface area (Å²) in [6.07, 6.45) is 3.74. The van der Waals surface area contributed by atoms with Crippen LogP contribution in [0.25, 0.3) is 0 Å². The largest absolute Gasteiger partial charge is 0.466 e. The van der Waals surface area contributed by atoms with Crippen LogP contribution < -0.4 is 0 Å². The summed E-state index contributed by atoms with van der Waals surface area (Å²) < 4.78 is 9.71. The van der Waals surface area contributed by atoms with Crippen molar-refractivity contribution in [1.82, 2.24) is 4.98 Å². The summed E-state index contributed by atoms with van der Waals surface area (Å²) in [5, 5.41) is 0. The van der Waals surface area contributed by atoms with Crippen LogP contribution in [0, 0.1) is 0 Å². The van der Waals surface area contributed by atoms with Crippen LogP contribution in [0.2, 0.25) is 0 Å². The Morgan fingerprint density at radius 3 is 2.82 bits per heavy atom. The fourth-order valence-electron chi connectivity index (χ4n) is 1.18. The number of carbonyl (C=O) groups is 2. The summed E-state index contributed by atoms with van der Waals surface area (Å²) in [6, 6.07) is 3.29. The van der Waals surface area contributed by atoms with Gasteiger partial charge in [0.2, 0.25) is 0 Å². The van der Waals surface area contributed by atoms with E-state index in [9.17, 15) is 9.59 Å². The fourth-order valence-corrected chi connectivity index (χ4v) is 1.18. The maximum Gasteiger partial charge on any atom is 0.339 e. The third-order valence-corrected chi connectivity index (χ3v) is 1.96. The predicted molar refractivity (Wildman–Crippen MR) is 60.4 cm³/mol. The molecule has 0 saturated carbocycles. The molecule has 5 nitrogen and oxygen atoms in total. The monoisotopic (exact) mass is 237 g/mol. The van der Waals surface area contributed by atoms with Crippen LogP contribution in [0.5, 0.6) is 0 Å². The Balaban J connectivity index is 2.19. The second-order valence-corrected chi connectivity index (χ2v) is 3.29. The van der Waals surface area contributed by atoms with Gasteiger partial charge in [0, 0.05) is 18.8 Å². The first-order valence-electron chi connectivity index (χ1n) is 5.46. The topological polar surface area (TPSA) is 65.5 Å². The zero-order chi connectivity index (χ0) is 12.5. The molecule has 5 heteroatoms. The second kappa shape index (κ2) is 7.38. The molecule has 0 N–H and O–H groups in total. The van der Waals surface area contributed by atoms with Crippen molar-refractivity contribution in [3.05, 3.63) is 30.1 Å². The van der Waals surface area contributed by atoms with Crippen LogP contribution in [0.3, 0.4) is 0 Å². The Kier molecular flexibility index (Phi) is 5.71. The molecule has 0 aromatic carbocycles. The van der Waals surface area contributed by atoms with E-state index in [1.807, 2.05) is 0 Å². The highest BCUT2D eigenvalue weighted by atomic mass is 16.5. The number of hydrogen-bond donors (Lipinski definition) is 0. The van der Waals surface area contributed by atoms with E-state index in [0.29, 0.717) is 18.6 Å². The van der Waals surface area contributed by atoms with Gasteiger partial charge < -0.3 is 9.47 Å². The molecule has 0 aliphatic carbocycles. The smallest absolute Gasteiger partial charge is 0.339 e. The van der Waals surface area contributed by atoms with Crippen molar-refractivity contribution >= 4 is 11.9 Å². The highest BCUT2D eigenvalue weighted by molar-refractivity contribution is 5.88. The molecule has 0 atom stereocenters. The lowest BCUT2D eigenvalue weighted by Gasteiger charge is -2.04. The third kappa shape index (κ3) is 5.10. The number of nitrogens with zero attached hydrogens (tertiary/aromatic N) is 1. The van der Waals surface area contributed by atoms with E-state index < -0.39 is 5.97 Å². The summed E-state index contributed by atoms with van der Waals surface area (Å²) >= 11 is 0. The van der Waals surface area contributed by atoms with Crippen molar-refractivity contribution in [2.45, 2.75) is 19.8 Å². The predicted octanol–water partition coefficient (Wildman–Crippen LogP) is 1.58. The Morgan fingerprint density at radius 1 is 1.35 bits per heavy atom. The van der Waals surface area contributed by atoms with Crippen molar-refractivity contribution in [3.8, 4) is 0 Å². The molecule has 0 fully saturated rings. The van der Waals surface area contributed by atoms with Crippen LogP contribution in [0.1, 0.15) is 30.1 Å².